The van der Waals surface area contributed by atoms with E-state index in [1.54, 1.807) is 0 Å². The normalized spacial score (nSPS) is 13.7. The number of aryl methyl sites for hydroxylation is 2. The number of nitrogens with zero attached hydrogens (tertiary/aromatic N) is 2. The Balaban J connectivity index is 2.63. The van der Waals surface area contributed by atoms with Gasteiger partial charge >= 0.3 is 0 Å². The minimum Gasteiger partial charge on any atom is -0.361 e. The highest BCUT2D eigenvalue weighted by molar-refractivity contribution is 5.79. The molecule has 0 bridgehead atoms. The Kier molecular flexibility index (Phi) is 6.55. The largest absolute Gasteiger partial charge is 0.361 e. The maximum absolute atomic E-state index is 5.16. The van der Waals surface area contributed by atoms with Crippen LogP contribution in [0.25, 0.3) is 0 Å². The first-order valence-corrected chi connectivity index (χ1v) is 7.39. The van der Waals surface area contributed by atoms with Gasteiger partial charge < -0.3 is 15.2 Å². The van der Waals surface area contributed by atoms with Crippen molar-refractivity contribution >= 4 is 5.96 Å². The van der Waals surface area contributed by atoms with Crippen molar-refractivity contribution < 1.29 is 4.52 Å². The van der Waals surface area contributed by atoms with E-state index in [1.165, 1.54) is 0 Å². The number of aliphatic imine (C=N–C) groups is 1. The van der Waals surface area contributed by atoms with Crippen LogP contribution in [0.2, 0.25) is 0 Å². The van der Waals surface area contributed by atoms with Gasteiger partial charge in [-0.05, 0) is 32.6 Å². The van der Waals surface area contributed by atoms with Crippen molar-refractivity contribution in [2.75, 3.05) is 13.1 Å². The second-order valence-electron chi connectivity index (χ2n) is 5.60. The Morgan fingerprint density at radius 1 is 1.25 bits per heavy atom. The van der Waals surface area contributed by atoms with Gasteiger partial charge in [0.05, 0.1) is 12.2 Å². The minimum absolute atomic E-state index is 0.590. The summed E-state index contributed by atoms with van der Waals surface area (Å²) in [6.07, 6.45) is 0. The lowest BCUT2D eigenvalue weighted by atomic mass is 9.98. The predicted molar refractivity (Wildman–Crippen MR) is 82.8 cm³/mol. The predicted octanol–water partition coefficient (Wildman–Crippen LogP) is 2.64. The lowest BCUT2D eigenvalue weighted by molar-refractivity contribution is 0.392. The molecule has 0 spiro atoms. The lowest BCUT2D eigenvalue weighted by Gasteiger charge is -2.18. The van der Waals surface area contributed by atoms with Crippen molar-refractivity contribution in [3.8, 4) is 0 Å². The van der Waals surface area contributed by atoms with Crippen LogP contribution in [-0.4, -0.2) is 24.2 Å². The van der Waals surface area contributed by atoms with E-state index in [0.717, 1.165) is 36.1 Å². The van der Waals surface area contributed by atoms with Crippen molar-refractivity contribution in [1.29, 1.82) is 0 Å². The van der Waals surface area contributed by atoms with Crippen LogP contribution in [0.3, 0.4) is 0 Å². The molecule has 0 saturated carbocycles. The van der Waals surface area contributed by atoms with Crippen molar-refractivity contribution in [1.82, 2.24) is 15.8 Å². The molecule has 0 saturated heterocycles. The Labute approximate surface area is 122 Å². The molecular weight excluding hydrogens is 252 g/mol. The van der Waals surface area contributed by atoms with Crippen LogP contribution in [0.15, 0.2) is 9.52 Å². The summed E-state index contributed by atoms with van der Waals surface area (Å²) in [5.74, 6) is 2.96. The molecule has 0 unspecified atom stereocenters. The van der Waals surface area contributed by atoms with Gasteiger partial charge in [0, 0.05) is 18.7 Å². The van der Waals surface area contributed by atoms with Crippen LogP contribution in [-0.2, 0) is 6.54 Å². The average Bonchev–Trinajstić information content (AvgIpc) is 2.72. The first-order chi connectivity index (χ1) is 9.45. The zero-order valence-electron chi connectivity index (χ0n) is 13.6. The summed E-state index contributed by atoms with van der Waals surface area (Å²) in [7, 11) is 0. The molecule has 1 aromatic rings. The molecule has 0 fully saturated rings. The lowest BCUT2D eigenvalue weighted by Crippen LogP contribution is -2.40. The molecule has 1 heterocycles. The molecule has 0 radical (unpaired) electrons. The van der Waals surface area contributed by atoms with Crippen molar-refractivity contribution in [3.05, 3.63) is 17.0 Å². The van der Waals surface area contributed by atoms with Crippen LogP contribution >= 0.6 is 0 Å². The molecule has 0 aliphatic rings. The second kappa shape index (κ2) is 7.92. The van der Waals surface area contributed by atoms with E-state index in [0.29, 0.717) is 18.4 Å². The molecule has 1 aromatic heterocycles. The number of hydrogen-bond acceptors (Lipinski definition) is 3. The highest BCUT2D eigenvalue weighted by Gasteiger charge is 2.10. The zero-order valence-corrected chi connectivity index (χ0v) is 13.6. The number of nitrogens with one attached hydrogen (secondary N) is 2. The third kappa shape index (κ3) is 4.87. The van der Waals surface area contributed by atoms with Gasteiger partial charge in [0.15, 0.2) is 5.96 Å². The van der Waals surface area contributed by atoms with E-state index in [4.69, 9.17) is 4.52 Å². The molecular formula is C15H28N4O. The van der Waals surface area contributed by atoms with E-state index in [1.807, 2.05) is 13.8 Å². The average molecular weight is 280 g/mol. The molecule has 0 amide bonds. The van der Waals surface area contributed by atoms with Gasteiger partial charge in [-0.3, -0.25) is 0 Å². The van der Waals surface area contributed by atoms with Gasteiger partial charge in [0.1, 0.15) is 5.76 Å². The van der Waals surface area contributed by atoms with Gasteiger partial charge in [-0.15, -0.1) is 0 Å². The monoisotopic (exact) mass is 280 g/mol. The second-order valence-corrected chi connectivity index (χ2v) is 5.60. The van der Waals surface area contributed by atoms with Crippen LogP contribution in [0.4, 0.5) is 0 Å². The summed E-state index contributed by atoms with van der Waals surface area (Å²) < 4.78 is 5.16. The third-order valence-corrected chi connectivity index (χ3v) is 3.65. The Morgan fingerprint density at radius 2 is 1.95 bits per heavy atom. The van der Waals surface area contributed by atoms with E-state index < -0.39 is 0 Å². The summed E-state index contributed by atoms with van der Waals surface area (Å²) >= 11 is 0. The van der Waals surface area contributed by atoms with Gasteiger partial charge in [0.2, 0.25) is 0 Å². The van der Waals surface area contributed by atoms with E-state index >= 15 is 0 Å². The standard InChI is InChI=1S/C15H28N4O/c1-7-16-15(17-8-11(4)10(2)3)18-9-14-12(5)19-20-13(14)6/h10-11H,7-9H2,1-6H3,(H2,16,17,18)/t11-/m0/s1. The highest BCUT2D eigenvalue weighted by atomic mass is 16.5. The quantitative estimate of drug-likeness (QED) is 0.621. The van der Waals surface area contributed by atoms with Gasteiger partial charge in [-0.25, -0.2) is 4.99 Å². The van der Waals surface area contributed by atoms with Crippen molar-refractivity contribution in [2.45, 2.75) is 48.1 Å². The Hall–Kier alpha value is -1.52. The first-order valence-electron chi connectivity index (χ1n) is 7.39. The third-order valence-electron chi connectivity index (χ3n) is 3.65. The maximum atomic E-state index is 5.16. The van der Waals surface area contributed by atoms with E-state index in [-0.39, 0.29) is 0 Å². The summed E-state index contributed by atoms with van der Waals surface area (Å²) in [6.45, 7) is 15.0. The van der Waals surface area contributed by atoms with E-state index in [2.05, 4.69) is 48.5 Å². The fourth-order valence-electron chi connectivity index (χ4n) is 1.72. The number of aromatic nitrogens is 1. The molecule has 114 valence electrons. The Bertz CT molecular complexity index is 418. The molecule has 0 aliphatic carbocycles. The molecule has 0 aliphatic heterocycles. The fourth-order valence-corrected chi connectivity index (χ4v) is 1.72. The van der Waals surface area contributed by atoms with Gasteiger partial charge in [-0.1, -0.05) is 25.9 Å². The molecule has 1 atom stereocenters. The molecule has 2 N–H and O–H groups in total. The van der Waals surface area contributed by atoms with Crippen LogP contribution in [0.5, 0.6) is 0 Å². The minimum atomic E-state index is 0.590. The van der Waals surface area contributed by atoms with Gasteiger partial charge in [0.25, 0.3) is 0 Å². The summed E-state index contributed by atoms with van der Waals surface area (Å²) in [4.78, 5) is 4.60. The van der Waals surface area contributed by atoms with Crippen LogP contribution < -0.4 is 10.6 Å². The number of rotatable bonds is 6. The maximum Gasteiger partial charge on any atom is 0.191 e. The van der Waals surface area contributed by atoms with E-state index in [9.17, 15) is 0 Å². The van der Waals surface area contributed by atoms with Gasteiger partial charge in [-0.2, -0.15) is 0 Å². The molecule has 1 rings (SSSR count). The SMILES string of the molecule is CCNC(=NCc1c(C)noc1C)NC[C@H](C)C(C)C. The fraction of sp³-hybridized carbons (Fsp3) is 0.733. The summed E-state index contributed by atoms with van der Waals surface area (Å²) in [5.41, 5.74) is 1.98. The van der Waals surface area contributed by atoms with Crippen molar-refractivity contribution in [3.63, 3.8) is 0 Å². The first kappa shape index (κ1) is 16.5. The molecule has 20 heavy (non-hydrogen) atoms. The topological polar surface area (TPSA) is 62.5 Å². The molecule has 5 nitrogen and oxygen atoms in total. The summed E-state index contributed by atoms with van der Waals surface area (Å²) in [5, 5.41) is 10.6. The van der Waals surface area contributed by atoms with Crippen molar-refractivity contribution in [2.24, 2.45) is 16.8 Å². The highest BCUT2D eigenvalue weighted by Crippen LogP contribution is 2.13. The number of hydrogen-bond donors (Lipinski definition) is 2. The Morgan fingerprint density at radius 3 is 2.45 bits per heavy atom. The summed E-state index contributed by atoms with van der Waals surface area (Å²) in [6, 6.07) is 0. The van der Waals surface area contributed by atoms with Crippen LogP contribution in [0.1, 0.15) is 44.7 Å². The smallest absolute Gasteiger partial charge is 0.191 e. The molecule has 0 aromatic carbocycles. The molecule has 5 heteroatoms. The number of guanidine groups is 1. The van der Waals surface area contributed by atoms with Crippen LogP contribution in [0, 0.1) is 25.7 Å². The zero-order chi connectivity index (χ0) is 15.1.